The fourth-order valence-corrected chi connectivity index (χ4v) is 4.34. The summed E-state index contributed by atoms with van der Waals surface area (Å²) in [4.78, 5) is 50.5. The van der Waals surface area contributed by atoms with Gasteiger partial charge in [0.2, 0.25) is 17.7 Å². The molecular formula is C21H26N2O4. The van der Waals surface area contributed by atoms with Crippen molar-refractivity contribution in [3.05, 3.63) is 29.8 Å². The van der Waals surface area contributed by atoms with Crippen LogP contribution in [0.2, 0.25) is 0 Å². The summed E-state index contributed by atoms with van der Waals surface area (Å²) in [5.74, 6) is -0.791. The number of hydrogen-bond donors (Lipinski definition) is 1. The zero-order valence-electron chi connectivity index (χ0n) is 16.3. The fourth-order valence-electron chi connectivity index (χ4n) is 4.34. The van der Waals surface area contributed by atoms with Crippen molar-refractivity contribution in [2.24, 2.45) is 16.7 Å². The molecule has 1 saturated carbocycles. The quantitative estimate of drug-likeness (QED) is 0.638. The van der Waals surface area contributed by atoms with Gasteiger partial charge in [-0.25, -0.2) is 0 Å². The van der Waals surface area contributed by atoms with Crippen molar-refractivity contribution in [2.75, 3.05) is 11.9 Å². The monoisotopic (exact) mass is 370 g/mol. The van der Waals surface area contributed by atoms with E-state index in [0.717, 1.165) is 6.42 Å². The Morgan fingerprint density at radius 2 is 1.78 bits per heavy atom. The molecule has 1 saturated heterocycles. The van der Waals surface area contributed by atoms with Crippen LogP contribution in [0.1, 0.15) is 57.3 Å². The molecule has 1 aromatic carbocycles. The second-order valence-corrected chi connectivity index (χ2v) is 8.37. The molecule has 0 radical (unpaired) electrons. The van der Waals surface area contributed by atoms with Crippen molar-refractivity contribution in [3.63, 3.8) is 0 Å². The molecule has 6 heteroatoms. The highest BCUT2D eigenvalue weighted by Gasteiger charge is 2.64. The number of fused-ring (bicyclic) bond motifs is 2. The maximum atomic E-state index is 12.9. The lowest BCUT2D eigenvalue weighted by atomic mass is 9.62. The Hall–Kier alpha value is -2.50. The Kier molecular flexibility index (Phi) is 4.70. The van der Waals surface area contributed by atoms with Gasteiger partial charge in [0.25, 0.3) is 0 Å². The van der Waals surface area contributed by atoms with E-state index >= 15 is 0 Å². The summed E-state index contributed by atoms with van der Waals surface area (Å²) in [5, 5.41) is 2.74. The molecule has 2 aliphatic rings. The van der Waals surface area contributed by atoms with E-state index in [1.165, 1.54) is 11.8 Å². The Bertz CT molecular complexity index is 812. The Morgan fingerprint density at radius 1 is 1.15 bits per heavy atom. The number of anilines is 1. The first-order valence-corrected chi connectivity index (χ1v) is 9.34. The van der Waals surface area contributed by atoms with Crippen LogP contribution in [0.15, 0.2) is 24.3 Å². The number of piperidine rings is 1. The number of benzene rings is 1. The molecule has 2 unspecified atom stereocenters. The molecule has 2 bridgehead atoms. The van der Waals surface area contributed by atoms with E-state index < -0.39 is 5.41 Å². The lowest BCUT2D eigenvalue weighted by Gasteiger charge is -2.47. The number of likely N-dealkylation sites (tertiary alicyclic amines) is 1. The van der Waals surface area contributed by atoms with E-state index in [2.05, 4.69) is 5.32 Å². The van der Waals surface area contributed by atoms with Crippen LogP contribution in [-0.2, 0) is 14.4 Å². The van der Waals surface area contributed by atoms with Crippen LogP contribution in [0, 0.1) is 16.7 Å². The predicted molar refractivity (Wildman–Crippen MR) is 101 cm³/mol. The van der Waals surface area contributed by atoms with Gasteiger partial charge in [0.1, 0.15) is 0 Å². The minimum atomic E-state index is -0.551. The van der Waals surface area contributed by atoms with Crippen molar-refractivity contribution >= 4 is 29.2 Å². The molecule has 3 amide bonds. The summed E-state index contributed by atoms with van der Waals surface area (Å²) < 4.78 is 0. The fraction of sp³-hybridized carbons (Fsp3) is 0.524. The SMILES string of the molecule is CC(=O)c1ccc(NC(=O)CCN2C(=O)C3CCC(C)(C2=O)C3(C)C)cc1. The average Bonchev–Trinajstić information content (AvgIpc) is 2.79. The van der Waals surface area contributed by atoms with E-state index in [1.54, 1.807) is 24.3 Å². The van der Waals surface area contributed by atoms with Gasteiger partial charge in [-0.1, -0.05) is 20.8 Å². The van der Waals surface area contributed by atoms with E-state index in [9.17, 15) is 19.2 Å². The summed E-state index contributed by atoms with van der Waals surface area (Å²) in [6.45, 7) is 7.50. The molecule has 1 aliphatic heterocycles. The number of hydrogen-bond acceptors (Lipinski definition) is 4. The molecule has 144 valence electrons. The van der Waals surface area contributed by atoms with Crippen LogP contribution >= 0.6 is 0 Å². The second kappa shape index (κ2) is 6.59. The molecule has 2 atom stereocenters. The number of Topliss-reactive ketones (excluding diaryl/α,β-unsaturated/α-hetero) is 1. The highest BCUT2D eigenvalue weighted by atomic mass is 16.2. The third-order valence-corrected chi connectivity index (χ3v) is 6.65. The van der Waals surface area contributed by atoms with Crippen LogP contribution in [0.5, 0.6) is 0 Å². The maximum Gasteiger partial charge on any atom is 0.235 e. The third kappa shape index (κ3) is 3.07. The molecule has 2 fully saturated rings. The van der Waals surface area contributed by atoms with Crippen LogP contribution < -0.4 is 5.32 Å². The van der Waals surface area contributed by atoms with Crippen molar-refractivity contribution in [1.82, 2.24) is 4.90 Å². The molecule has 1 heterocycles. The van der Waals surface area contributed by atoms with Crippen molar-refractivity contribution < 1.29 is 19.2 Å². The van der Waals surface area contributed by atoms with Gasteiger partial charge in [0.05, 0.1) is 5.41 Å². The van der Waals surface area contributed by atoms with Gasteiger partial charge in [-0.15, -0.1) is 0 Å². The summed E-state index contributed by atoms with van der Waals surface area (Å²) >= 11 is 0. The lowest BCUT2D eigenvalue weighted by Crippen LogP contribution is -2.59. The van der Waals surface area contributed by atoms with Crippen LogP contribution in [0.4, 0.5) is 5.69 Å². The first kappa shape index (κ1) is 19.3. The van der Waals surface area contributed by atoms with Crippen molar-refractivity contribution in [3.8, 4) is 0 Å². The number of imide groups is 1. The smallest absolute Gasteiger partial charge is 0.235 e. The number of carbonyl (C=O) groups is 4. The number of nitrogens with one attached hydrogen (secondary N) is 1. The third-order valence-electron chi connectivity index (χ3n) is 6.65. The minimum Gasteiger partial charge on any atom is -0.326 e. The molecule has 0 aromatic heterocycles. The number of ketones is 1. The summed E-state index contributed by atoms with van der Waals surface area (Å²) in [6.07, 6.45) is 1.48. The first-order valence-electron chi connectivity index (χ1n) is 9.34. The molecule has 1 aliphatic carbocycles. The summed E-state index contributed by atoms with van der Waals surface area (Å²) in [6, 6.07) is 6.62. The first-order chi connectivity index (χ1) is 12.6. The lowest BCUT2D eigenvalue weighted by molar-refractivity contribution is -0.167. The minimum absolute atomic E-state index is 0.0407. The van der Waals surface area contributed by atoms with E-state index in [-0.39, 0.29) is 47.8 Å². The van der Waals surface area contributed by atoms with Crippen LogP contribution in [0.3, 0.4) is 0 Å². The topological polar surface area (TPSA) is 83.6 Å². The predicted octanol–water partition coefficient (Wildman–Crippen LogP) is 3.03. The van der Waals surface area contributed by atoms with Gasteiger partial charge in [-0.3, -0.25) is 24.1 Å². The van der Waals surface area contributed by atoms with E-state index in [4.69, 9.17) is 0 Å². The highest BCUT2D eigenvalue weighted by Crippen LogP contribution is 2.59. The molecule has 27 heavy (non-hydrogen) atoms. The number of amides is 3. The molecule has 6 nitrogen and oxygen atoms in total. The van der Waals surface area contributed by atoms with Gasteiger partial charge < -0.3 is 5.32 Å². The number of nitrogens with zero attached hydrogens (tertiary/aromatic N) is 1. The second-order valence-electron chi connectivity index (χ2n) is 8.37. The van der Waals surface area contributed by atoms with Gasteiger partial charge in [-0.2, -0.15) is 0 Å². The van der Waals surface area contributed by atoms with Crippen molar-refractivity contribution in [2.45, 2.75) is 47.0 Å². The average molecular weight is 370 g/mol. The van der Waals surface area contributed by atoms with Crippen LogP contribution in [-0.4, -0.2) is 34.9 Å². The number of carbonyl (C=O) groups excluding carboxylic acids is 4. The molecule has 1 N–H and O–H groups in total. The maximum absolute atomic E-state index is 12.9. The molecule has 1 aromatic rings. The molecular weight excluding hydrogens is 344 g/mol. The van der Waals surface area contributed by atoms with E-state index in [1.807, 2.05) is 20.8 Å². The largest absolute Gasteiger partial charge is 0.326 e. The zero-order valence-corrected chi connectivity index (χ0v) is 16.3. The summed E-state index contributed by atoms with van der Waals surface area (Å²) in [7, 11) is 0. The summed E-state index contributed by atoms with van der Waals surface area (Å²) in [5.41, 5.74) is 0.251. The van der Waals surface area contributed by atoms with Crippen LogP contribution in [0.25, 0.3) is 0 Å². The molecule has 0 spiro atoms. The van der Waals surface area contributed by atoms with Crippen molar-refractivity contribution in [1.29, 1.82) is 0 Å². The number of rotatable bonds is 5. The Labute approximate surface area is 159 Å². The van der Waals surface area contributed by atoms with E-state index in [0.29, 0.717) is 17.7 Å². The zero-order chi connectivity index (χ0) is 20.0. The van der Waals surface area contributed by atoms with Gasteiger partial charge >= 0.3 is 0 Å². The highest BCUT2D eigenvalue weighted by molar-refractivity contribution is 6.04. The van der Waals surface area contributed by atoms with Gasteiger partial charge in [0.15, 0.2) is 5.78 Å². The standard InChI is InChI=1S/C21H26N2O4/c1-13(24)14-5-7-15(8-6-14)22-17(25)10-12-23-18(26)16-9-11-21(4,19(23)27)20(16,2)3/h5-8,16H,9-12H2,1-4H3,(H,22,25). The Balaban J connectivity index is 1.63. The normalized spacial score (nSPS) is 26.2. The van der Waals surface area contributed by atoms with Gasteiger partial charge in [0, 0.05) is 30.1 Å². The Morgan fingerprint density at radius 3 is 2.37 bits per heavy atom. The molecule has 3 rings (SSSR count). The van der Waals surface area contributed by atoms with Gasteiger partial charge in [-0.05, 0) is 49.4 Å².